The normalized spacial score (nSPS) is 57.0. The molecule has 3 unspecified atom stereocenters. The first-order valence-corrected chi connectivity index (χ1v) is 5.78. The number of nitrogens with two attached hydrogens (primary N) is 1. The van der Waals surface area contributed by atoms with E-state index in [-0.39, 0.29) is 0 Å². The minimum Gasteiger partial charge on any atom is -0.330 e. The Kier molecular flexibility index (Phi) is 1.34. The van der Waals surface area contributed by atoms with E-state index in [9.17, 15) is 0 Å². The van der Waals surface area contributed by atoms with Gasteiger partial charge in [-0.25, -0.2) is 0 Å². The van der Waals surface area contributed by atoms with E-state index in [1.54, 1.807) is 12.8 Å². The summed E-state index contributed by atoms with van der Waals surface area (Å²) in [6.07, 6.45) is 3.13. The van der Waals surface area contributed by atoms with Crippen LogP contribution in [0.25, 0.3) is 0 Å². The molecule has 0 heterocycles. The highest BCUT2D eigenvalue weighted by Crippen LogP contribution is 2.73. The Morgan fingerprint density at radius 3 is 2.45 bits per heavy atom. The summed E-state index contributed by atoms with van der Waals surface area (Å²) < 4.78 is 0. The number of hydrogen-bond acceptors (Lipinski definition) is 2. The smallest absolute Gasteiger partial charge is 0.0110 e. The molecular formula is C9H15NS. The molecule has 0 aliphatic heterocycles. The van der Waals surface area contributed by atoms with Crippen LogP contribution in [0.1, 0.15) is 12.8 Å². The first-order chi connectivity index (χ1) is 5.42. The van der Waals surface area contributed by atoms with Crippen molar-refractivity contribution in [3.8, 4) is 0 Å². The summed E-state index contributed by atoms with van der Waals surface area (Å²) in [7, 11) is 0. The van der Waals surface area contributed by atoms with Crippen LogP contribution in [0, 0.1) is 23.7 Å². The minimum absolute atomic E-state index is 0.871. The van der Waals surface area contributed by atoms with Gasteiger partial charge in [-0.1, -0.05) is 0 Å². The van der Waals surface area contributed by atoms with Crippen molar-refractivity contribution in [2.45, 2.75) is 18.1 Å². The second-order valence-corrected chi connectivity index (χ2v) is 5.55. The van der Waals surface area contributed by atoms with Crippen LogP contribution < -0.4 is 5.73 Å². The Hall–Kier alpha value is 0.310. The van der Waals surface area contributed by atoms with Gasteiger partial charge in [-0.3, -0.25) is 0 Å². The molecule has 4 aliphatic carbocycles. The van der Waals surface area contributed by atoms with Gasteiger partial charge in [-0.15, -0.1) is 0 Å². The summed E-state index contributed by atoms with van der Waals surface area (Å²) in [6.45, 7) is 0.871. The fourth-order valence-electron chi connectivity index (χ4n) is 3.45. The average molecular weight is 169 g/mol. The molecule has 62 valence electrons. The lowest BCUT2D eigenvalue weighted by Crippen LogP contribution is -2.11. The summed E-state index contributed by atoms with van der Waals surface area (Å²) in [5.41, 5.74) is 5.50. The molecule has 2 heteroatoms. The number of rotatable bonds is 3. The van der Waals surface area contributed by atoms with Crippen molar-refractivity contribution >= 4 is 11.8 Å². The molecule has 0 amide bonds. The molecule has 1 nitrogen and oxygen atoms in total. The maximum absolute atomic E-state index is 5.50. The third-order valence-corrected chi connectivity index (χ3v) is 5.38. The summed E-state index contributed by atoms with van der Waals surface area (Å²) >= 11 is 2.16. The predicted octanol–water partition coefficient (Wildman–Crippen LogP) is 1.33. The van der Waals surface area contributed by atoms with E-state index in [0.717, 1.165) is 23.6 Å². The molecule has 0 aromatic carbocycles. The van der Waals surface area contributed by atoms with Gasteiger partial charge in [0.15, 0.2) is 0 Å². The maximum Gasteiger partial charge on any atom is 0.0110 e. The van der Waals surface area contributed by atoms with Gasteiger partial charge in [-0.05, 0) is 36.5 Å². The Balaban J connectivity index is 1.64. The molecule has 5 atom stereocenters. The third-order valence-electron chi connectivity index (χ3n) is 3.82. The zero-order chi connectivity index (χ0) is 7.42. The van der Waals surface area contributed by atoms with Gasteiger partial charge in [0.25, 0.3) is 0 Å². The molecule has 2 N–H and O–H groups in total. The molecule has 11 heavy (non-hydrogen) atoms. The van der Waals surface area contributed by atoms with Crippen molar-refractivity contribution in [1.29, 1.82) is 0 Å². The van der Waals surface area contributed by atoms with Crippen LogP contribution in [0.2, 0.25) is 0 Å². The highest BCUT2D eigenvalue weighted by Gasteiger charge is 2.68. The largest absolute Gasteiger partial charge is 0.330 e. The molecule has 4 rings (SSSR count). The van der Waals surface area contributed by atoms with Gasteiger partial charge in [0.1, 0.15) is 0 Å². The summed E-state index contributed by atoms with van der Waals surface area (Å²) in [6, 6.07) is 0. The Labute approximate surface area is 72.1 Å². The van der Waals surface area contributed by atoms with Gasteiger partial charge in [0, 0.05) is 17.5 Å². The first-order valence-electron chi connectivity index (χ1n) is 4.73. The number of thioether (sulfide) groups is 1. The molecule has 4 saturated carbocycles. The molecule has 4 aliphatic rings. The summed E-state index contributed by atoms with van der Waals surface area (Å²) in [5, 5.41) is 1.04. The van der Waals surface area contributed by atoms with E-state index in [1.807, 2.05) is 0 Å². The van der Waals surface area contributed by atoms with Crippen LogP contribution in [0.3, 0.4) is 0 Å². The Morgan fingerprint density at radius 1 is 1.27 bits per heavy atom. The van der Waals surface area contributed by atoms with E-state index in [2.05, 4.69) is 11.8 Å². The second-order valence-electron chi connectivity index (χ2n) is 4.26. The first kappa shape index (κ1) is 6.79. The van der Waals surface area contributed by atoms with Crippen molar-refractivity contribution in [1.82, 2.24) is 0 Å². The van der Waals surface area contributed by atoms with Crippen LogP contribution >= 0.6 is 11.8 Å². The van der Waals surface area contributed by atoms with Gasteiger partial charge >= 0.3 is 0 Å². The summed E-state index contributed by atoms with van der Waals surface area (Å²) in [5.74, 6) is 5.80. The SMILES string of the molecule is NCCS[C@@H]1C2CC3C1[C@@H]3C2. The van der Waals surface area contributed by atoms with Crippen LogP contribution in [0.15, 0.2) is 0 Å². The average Bonchev–Trinajstić information content (AvgIpc) is 2.47. The van der Waals surface area contributed by atoms with Gasteiger partial charge < -0.3 is 5.73 Å². The van der Waals surface area contributed by atoms with Crippen molar-refractivity contribution in [3.05, 3.63) is 0 Å². The van der Waals surface area contributed by atoms with Crippen molar-refractivity contribution in [2.75, 3.05) is 12.3 Å². The molecular weight excluding hydrogens is 154 g/mol. The Morgan fingerprint density at radius 2 is 2.00 bits per heavy atom. The zero-order valence-electron chi connectivity index (χ0n) is 6.70. The fraction of sp³-hybridized carbons (Fsp3) is 1.00. The Bertz CT molecular complexity index is 168. The number of hydrogen-bond donors (Lipinski definition) is 1. The van der Waals surface area contributed by atoms with Crippen LogP contribution in [-0.4, -0.2) is 17.5 Å². The predicted molar refractivity (Wildman–Crippen MR) is 48.5 cm³/mol. The molecule has 0 aromatic heterocycles. The molecule has 0 saturated heterocycles. The van der Waals surface area contributed by atoms with Crippen molar-refractivity contribution in [3.63, 3.8) is 0 Å². The van der Waals surface area contributed by atoms with Crippen LogP contribution in [0.4, 0.5) is 0 Å². The highest BCUT2D eigenvalue weighted by molar-refractivity contribution is 8.00. The topological polar surface area (TPSA) is 26.0 Å². The minimum atomic E-state index is 0.871. The van der Waals surface area contributed by atoms with Gasteiger partial charge in [-0.2, -0.15) is 11.8 Å². The molecule has 0 aromatic rings. The molecule has 0 radical (unpaired) electrons. The van der Waals surface area contributed by atoms with Crippen molar-refractivity contribution < 1.29 is 0 Å². The third kappa shape index (κ3) is 0.775. The van der Waals surface area contributed by atoms with E-state index >= 15 is 0 Å². The van der Waals surface area contributed by atoms with E-state index in [4.69, 9.17) is 5.73 Å². The molecule has 0 spiro atoms. The zero-order valence-corrected chi connectivity index (χ0v) is 7.52. The summed E-state index contributed by atoms with van der Waals surface area (Å²) in [4.78, 5) is 0. The van der Waals surface area contributed by atoms with Crippen molar-refractivity contribution in [2.24, 2.45) is 29.4 Å². The quantitative estimate of drug-likeness (QED) is 0.690. The van der Waals surface area contributed by atoms with Crippen LogP contribution in [0.5, 0.6) is 0 Å². The van der Waals surface area contributed by atoms with E-state index in [0.29, 0.717) is 0 Å². The highest BCUT2D eigenvalue weighted by atomic mass is 32.2. The van der Waals surface area contributed by atoms with Gasteiger partial charge in [0.2, 0.25) is 0 Å². The standard InChI is InChI=1S/C9H15NS/c10-1-2-11-9-5-3-6-7(4-5)8(6)9/h5-9H,1-4,10H2/t5?,6-,7?,8?,9-/m1/s1. The van der Waals surface area contributed by atoms with E-state index in [1.165, 1.54) is 17.6 Å². The second kappa shape index (κ2) is 2.17. The molecule has 4 bridgehead atoms. The van der Waals surface area contributed by atoms with Crippen LogP contribution in [-0.2, 0) is 0 Å². The van der Waals surface area contributed by atoms with E-state index < -0.39 is 0 Å². The maximum atomic E-state index is 5.50. The monoisotopic (exact) mass is 169 g/mol. The lowest BCUT2D eigenvalue weighted by molar-refractivity contribution is 0.615. The lowest BCUT2D eigenvalue weighted by atomic mass is 10.1. The lowest BCUT2D eigenvalue weighted by Gasteiger charge is -2.12. The van der Waals surface area contributed by atoms with Gasteiger partial charge in [0.05, 0.1) is 0 Å². The molecule has 4 fully saturated rings. The fourth-order valence-corrected chi connectivity index (χ4v) is 4.98.